The van der Waals surface area contributed by atoms with Gasteiger partial charge in [0.25, 0.3) is 0 Å². The van der Waals surface area contributed by atoms with Crippen molar-refractivity contribution in [3.63, 3.8) is 0 Å². The zero-order valence-corrected chi connectivity index (χ0v) is 12.9. The van der Waals surface area contributed by atoms with E-state index in [1.165, 1.54) is 17.0 Å². The summed E-state index contributed by atoms with van der Waals surface area (Å²) in [6, 6.07) is 8.98. The van der Waals surface area contributed by atoms with Crippen molar-refractivity contribution in [1.29, 1.82) is 0 Å². The van der Waals surface area contributed by atoms with Crippen LogP contribution >= 0.6 is 38.9 Å². The minimum Gasteiger partial charge on any atom is -0.305 e. The van der Waals surface area contributed by atoms with Gasteiger partial charge in [0, 0.05) is 21.9 Å². The van der Waals surface area contributed by atoms with Gasteiger partial charge in [-0.1, -0.05) is 27.5 Å². The molecule has 0 amide bonds. The minimum absolute atomic E-state index is 0.199. The molecule has 1 aromatic heterocycles. The van der Waals surface area contributed by atoms with Crippen molar-refractivity contribution < 1.29 is 4.39 Å². The van der Waals surface area contributed by atoms with Crippen molar-refractivity contribution in [3.8, 4) is 0 Å². The van der Waals surface area contributed by atoms with Crippen LogP contribution in [0.3, 0.4) is 0 Å². The van der Waals surface area contributed by atoms with Gasteiger partial charge >= 0.3 is 0 Å². The first-order valence-corrected chi connectivity index (χ1v) is 7.47. The summed E-state index contributed by atoms with van der Waals surface area (Å²) in [5, 5.41) is 3.35. The normalized spacial score (nSPS) is 12.7. The van der Waals surface area contributed by atoms with Crippen LogP contribution in [0, 0.1) is 5.82 Å². The van der Waals surface area contributed by atoms with Crippen LogP contribution in [0.1, 0.15) is 23.4 Å². The van der Waals surface area contributed by atoms with Gasteiger partial charge in [0.15, 0.2) is 0 Å². The molecule has 2 rings (SSSR count). The number of thiophene rings is 1. The quantitative estimate of drug-likeness (QED) is 0.805. The van der Waals surface area contributed by atoms with Crippen molar-refractivity contribution in [2.24, 2.45) is 0 Å². The molecule has 1 unspecified atom stereocenters. The summed E-state index contributed by atoms with van der Waals surface area (Å²) in [4.78, 5) is 1.18. The Kier molecular flexibility index (Phi) is 4.78. The summed E-state index contributed by atoms with van der Waals surface area (Å²) in [5.74, 6) is -0.229. The van der Waals surface area contributed by atoms with Crippen LogP contribution in [0.5, 0.6) is 0 Å². The fourth-order valence-corrected chi connectivity index (χ4v) is 3.25. The summed E-state index contributed by atoms with van der Waals surface area (Å²) in [7, 11) is 0. The highest BCUT2D eigenvalue weighted by molar-refractivity contribution is 9.10. The van der Waals surface area contributed by atoms with Gasteiger partial charge in [0.2, 0.25) is 0 Å². The zero-order valence-electron chi connectivity index (χ0n) is 9.71. The monoisotopic (exact) mass is 347 g/mol. The summed E-state index contributed by atoms with van der Waals surface area (Å²) in [6.07, 6.45) is 0. The molecule has 0 saturated heterocycles. The van der Waals surface area contributed by atoms with Gasteiger partial charge in [-0.3, -0.25) is 0 Å². The van der Waals surface area contributed by atoms with Gasteiger partial charge in [0.1, 0.15) is 5.82 Å². The second-order valence-electron chi connectivity index (χ2n) is 4.02. The van der Waals surface area contributed by atoms with Gasteiger partial charge in [0.05, 0.1) is 4.34 Å². The highest BCUT2D eigenvalue weighted by atomic mass is 79.9. The van der Waals surface area contributed by atoms with Gasteiger partial charge in [-0.05, 0) is 42.8 Å². The Balaban J connectivity index is 1.99. The first-order chi connectivity index (χ1) is 8.54. The number of halogens is 3. The van der Waals surface area contributed by atoms with E-state index in [2.05, 4.69) is 28.2 Å². The van der Waals surface area contributed by atoms with Crippen LogP contribution in [0.25, 0.3) is 0 Å². The first-order valence-electron chi connectivity index (χ1n) is 5.48. The van der Waals surface area contributed by atoms with Crippen LogP contribution in [0.15, 0.2) is 34.8 Å². The fraction of sp³-hybridized carbons (Fsp3) is 0.231. The summed E-state index contributed by atoms with van der Waals surface area (Å²) in [6.45, 7) is 2.68. The summed E-state index contributed by atoms with van der Waals surface area (Å²) < 4.78 is 14.7. The van der Waals surface area contributed by atoms with Crippen LogP contribution in [0.2, 0.25) is 4.34 Å². The Morgan fingerprint density at radius 1 is 1.39 bits per heavy atom. The molecule has 0 aliphatic rings. The number of hydrogen-bond donors (Lipinski definition) is 1. The lowest BCUT2D eigenvalue weighted by molar-refractivity contribution is 0.576. The first kappa shape index (κ1) is 14.0. The van der Waals surface area contributed by atoms with E-state index in [1.54, 1.807) is 11.3 Å². The Labute approximate surface area is 123 Å². The van der Waals surface area contributed by atoms with Crippen LogP contribution in [-0.2, 0) is 6.54 Å². The molecule has 1 heterocycles. The van der Waals surface area contributed by atoms with E-state index in [0.717, 1.165) is 14.4 Å². The number of hydrogen-bond acceptors (Lipinski definition) is 2. The molecule has 0 spiro atoms. The van der Waals surface area contributed by atoms with Crippen molar-refractivity contribution >= 4 is 38.9 Å². The maximum Gasteiger partial charge on any atom is 0.124 e. The van der Waals surface area contributed by atoms with E-state index >= 15 is 0 Å². The van der Waals surface area contributed by atoms with E-state index in [9.17, 15) is 4.39 Å². The van der Waals surface area contributed by atoms with Gasteiger partial charge in [-0.25, -0.2) is 4.39 Å². The lowest BCUT2D eigenvalue weighted by atomic mass is 10.2. The molecule has 1 aromatic carbocycles. The fourth-order valence-electron chi connectivity index (χ4n) is 1.65. The predicted molar refractivity (Wildman–Crippen MR) is 78.7 cm³/mol. The molecule has 0 bridgehead atoms. The van der Waals surface area contributed by atoms with Crippen molar-refractivity contribution in [2.45, 2.75) is 19.5 Å². The van der Waals surface area contributed by atoms with Crippen molar-refractivity contribution in [3.05, 3.63) is 55.4 Å². The average Bonchev–Trinajstić information content (AvgIpc) is 2.71. The molecule has 1 atom stereocenters. The Hall–Kier alpha value is -0.420. The molecule has 0 aliphatic carbocycles. The van der Waals surface area contributed by atoms with Crippen molar-refractivity contribution in [2.75, 3.05) is 0 Å². The number of benzene rings is 1. The van der Waals surface area contributed by atoms with E-state index < -0.39 is 0 Å². The average molecular weight is 349 g/mol. The molecule has 96 valence electrons. The third kappa shape index (κ3) is 3.79. The lowest BCUT2D eigenvalue weighted by Gasteiger charge is -2.12. The Bertz CT molecular complexity index is 523. The smallest absolute Gasteiger partial charge is 0.124 e. The zero-order chi connectivity index (χ0) is 13.1. The molecule has 0 radical (unpaired) electrons. The van der Waals surface area contributed by atoms with Gasteiger partial charge < -0.3 is 5.32 Å². The molecule has 1 nitrogen and oxygen atoms in total. The maximum atomic E-state index is 13.2. The molecule has 5 heteroatoms. The molecular weight excluding hydrogens is 337 g/mol. The Morgan fingerprint density at radius 2 is 2.17 bits per heavy atom. The van der Waals surface area contributed by atoms with E-state index in [4.69, 9.17) is 11.6 Å². The van der Waals surface area contributed by atoms with Crippen molar-refractivity contribution in [1.82, 2.24) is 5.32 Å². The van der Waals surface area contributed by atoms with E-state index in [0.29, 0.717) is 6.54 Å². The Morgan fingerprint density at radius 3 is 2.78 bits per heavy atom. The number of nitrogens with one attached hydrogen (secondary N) is 1. The predicted octanol–water partition coefficient (Wildman–Crippen LogP) is 5.15. The number of rotatable bonds is 4. The molecule has 0 saturated carbocycles. The summed E-state index contributed by atoms with van der Waals surface area (Å²) >= 11 is 10.7. The van der Waals surface area contributed by atoms with Gasteiger partial charge in [-0.15, -0.1) is 11.3 Å². The van der Waals surface area contributed by atoms with Crippen LogP contribution in [0.4, 0.5) is 4.39 Å². The molecule has 18 heavy (non-hydrogen) atoms. The molecule has 1 N–H and O–H groups in total. The second kappa shape index (κ2) is 6.15. The third-order valence-electron chi connectivity index (χ3n) is 2.56. The van der Waals surface area contributed by atoms with Gasteiger partial charge in [-0.2, -0.15) is 0 Å². The minimum atomic E-state index is -0.229. The molecule has 2 aromatic rings. The summed E-state index contributed by atoms with van der Waals surface area (Å²) in [5.41, 5.74) is 0.913. The highest BCUT2D eigenvalue weighted by Gasteiger charge is 2.08. The standard InChI is InChI=1S/C13H12BrClFNS/c1-8(12-2-3-13(15)18-12)17-7-9-4-10(14)6-11(16)5-9/h2-6,8,17H,7H2,1H3. The molecule has 0 aliphatic heterocycles. The highest BCUT2D eigenvalue weighted by Crippen LogP contribution is 2.27. The van der Waals surface area contributed by atoms with E-state index in [1.807, 2.05) is 18.2 Å². The second-order valence-corrected chi connectivity index (χ2v) is 6.68. The van der Waals surface area contributed by atoms with Crippen LogP contribution < -0.4 is 5.32 Å². The van der Waals surface area contributed by atoms with Crippen LogP contribution in [-0.4, -0.2) is 0 Å². The SMILES string of the molecule is CC(NCc1cc(F)cc(Br)c1)c1ccc(Cl)s1. The topological polar surface area (TPSA) is 12.0 Å². The maximum absolute atomic E-state index is 13.2. The largest absolute Gasteiger partial charge is 0.305 e. The lowest BCUT2D eigenvalue weighted by Crippen LogP contribution is -2.17. The third-order valence-corrected chi connectivity index (χ3v) is 4.43. The molecule has 0 fully saturated rings. The van der Waals surface area contributed by atoms with E-state index in [-0.39, 0.29) is 11.9 Å². The molecular formula is C13H12BrClFNS.